The molecule has 0 heterocycles. The molecule has 1 aliphatic rings. The Balaban J connectivity index is 2.19. The Labute approximate surface area is 133 Å². The van der Waals surface area contributed by atoms with Gasteiger partial charge in [-0.2, -0.15) is 0 Å². The molecule has 1 atom stereocenters. The number of aliphatic imine (C=N–C) groups is 1. The van der Waals surface area contributed by atoms with Gasteiger partial charge in [0.2, 0.25) is 0 Å². The van der Waals surface area contributed by atoms with Crippen LogP contribution in [0.25, 0.3) is 10.8 Å². The van der Waals surface area contributed by atoms with Gasteiger partial charge in [-0.1, -0.05) is 60.2 Å². The molecule has 0 N–H and O–H groups in total. The van der Waals surface area contributed by atoms with E-state index in [1.54, 1.807) is 0 Å². The summed E-state index contributed by atoms with van der Waals surface area (Å²) in [6.07, 6.45) is 8.85. The first-order valence-electron chi connectivity index (χ1n) is 7.87. The van der Waals surface area contributed by atoms with Gasteiger partial charge >= 0.3 is 0 Å². The van der Waals surface area contributed by atoms with Crippen molar-refractivity contribution in [2.24, 2.45) is 4.99 Å². The summed E-state index contributed by atoms with van der Waals surface area (Å²) in [5, 5.41) is 2.55. The van der Waals surface area contributed by atoms with Crippen LogP contribution in [0.2, 0.25) is 0 Å². The van der Waals surface area contributed by atoms with Crippen LogP contribution in [-0.2, 0) is 0 Å². The summed E-state index contributed by atoms with van der Waals surface area (Å²) < 4.78 is 0. The molecule has 2 aromatic rings. The molecule has 112 valence electrons. The van der Waals surface area contributed by atoms with Gasteiger partial charge in [0.1, 0.15) is 0 Å². The number of hydrogen-bond acceptors (Lipinski definition) is 1. The lowest BCUT2D eigenvalue weighted by Gasteiger charge is -2.16. The van der Waals surface area contributed by atoms with Crippen molar-refractivity contribution >= 4 is 17.0 Å². The number of hydrogen-bond donors (Lipinski definition) is 0. The maximum absolute atomic E-state index is 4.76. The fraction of sp³-hybridized carbons (Fsp3) is 0.286. The van der Waals surface area contributed by atoms with Crippen molar-refractivity contribution in [1.29, 1.82) is 0 Å². The molecule has 0 aromatic heterocycles. The van der Waals surface area contributed by atoms with Crippen LogP contribution in [0.4, 0.5) is 0 Å². The lowest BCUT2D eigenvalue weighted by atomic mass is 9.91. The molecule has 0 bridgehead atoms. The largest absolute Gasteiger partial charge is 0.287 e. The molecule has 2 aromatic carbocycles. The Hall–Kier alpha value is -2.15. The maximum atomic E-state index is 4.76. The minimum absolute atomic E-state index is 0.0640. The van der Waals surface area contributed by atoms with Crippen LogP contribution in [0, 0.1) is 0 Å². The minimum Gasteiger partial charge on any atom is -0.287 e. The van der Waals surface area contributed by atoms with Gasteiger partial charge in [-0.3, -0.25) is 4.99 Å². The molecule has 1 unspecified atom stereocenters. The third kappa shape index (κ3) is 3.04. The third-order valence-electron chi connectivity index (χ3n) is 3.95. The van der Waals surface area contributed by atoms with Crippen molar-refractivity contribution in [2.45, 2.75) is 39.2 Å². The quantitative estimate of drug-likeness (QED) is 0.633. The van der Waals surface area contributed by atoms with Crippen molar-refractivity contribution < 1.29 is 0 Å². The molecule has 1 nitrogen and oxygen atoms in total. The molecule has 1 aliphatic carbocycles. The summed E-state index contributed by atoms with van der Waals surface area (Å²) in [5.41, 5.74) is 3.84. The number of fused-ring (bicyclic) bond motifs is 1. The van der Waals surface area contributed by atoms with Gasteiger partial charge in [0.05, 0.1) is 5.54 Å². The van der Waals surface area contributed by atoms with Crippen LogP contribution in [0.1, 0.15) is 44.7 Å². The molecule has 0 aliphatic heterocycles. The number of rotatable bonds is 2. The number of nitrogens with zero attached hydrogens (tertiary/aromatic N) is 1. The van der Waals surface area contributed by atoms with E-state index in [9.17, 15) is 0 Å². The Morgan fingerprint density at radius 3 is 2.50 bits per heavy atom. The fourth-order valence-corrected chi connectivity index (χ4v) is 2.85. The van der Waals surface area contributed by atoms with Crippen molar-refractivity contribution in [3.05, 3.63) is 71.3 Å². The Bertz CT molecular complexity index is 785. The molecule has 0 saturated carbocycles. The first kappa shape index (κ1) is 14.8. The van der Waals surface area contributed by atoms with E-state index in [0.717, 1.165) is 0 Å². The van der Waals surface area contributed by atoms with Gasteiger partial charge in [-0.25, -0.2) is 0 Å². The van der Waals surface area contributed by atoms with Crippen molar-refractivity contribution in [3.63, 3.8) is 0 Å². The van der Waals surface area contributed by atoms with Crippen LogP contribution in [-0.4, -0.2) is 11.8 Å². The van der Waals surface area contributed by atoms with E-state index < -0.39 is 0 Å². The van der Waals surface area contributed by atoms with E-state index >= 15 is 0 Å². The molecule has 0 saturated heterocycles. The van der Waals surface area contributed by atoms with Gasteiger partial charge in [-0.15, -0.1) is 0 Å². The van der Waals surface area contributed by atoms with Gasteiger partial charge in [-0.05, 0) is 44.0 Å². The predicted octanol–water partition coefficient (Wildman–Crippen LogP) is 5.66. The first-order chi connectivity index (χ1) is 10.4. The number of benzene rings is 2. The van der Waals surface area contributed by atoms with Crippen LogP contribution in [0.5, 0.6) is 0 Å². The highest BCUT2D eigenvalue weighted by atomic mass is 14.8. The van der Waals surface area contributed by atoms with Crippen molar-refractivity contribution in [2.75, 3.05) is 0 Å². The zero-order chi connectivity index (χ0) is 15.7. The summed E-state index contributed by atoms with van der Waals surface area (Å²) in [5.74, 6) is 0.353. The second kappa shape index (κ2) is 5.57. The lowest BCUT2D eigenvalue weighted by Crippen LogP contribution is -2.10. The lowest BCUT2D eigenvalue weighted by molar-refractivity contribution is 0.586. The molecular formula is C21H23N. The summed E-state index contributed by atoms with van der Waals surface area (Å²) >= 11 is 0. The van der Waals surface area contributed by atoms with Crippen LogP contribution >= 0.6 is 0 Å². The molecule has 0 radical (unpaired) electrons. The van der Waals surface area contributed by atoms with Gasteiger partial charge in [0.25, 0.3) is 0 Å². The summed E-state index contributed by atoms with van der Waals surface area (Å²) in [4.78, 5) is 4.76. The second-order valence-electron chi connectivity index (χ2n) is 7.01. The summed E-state index contributed by atoms with van der Waals surface area (Å²) in [6, 6.07) is 13.0. The zero-order valence-electron chi connectivity index (χ0n) is 13.8. The first-order valence-corrected chi connectivity index (χ1v) is 7.87. The van der Waals surface area contributed by atoms with Crippen LogP contribution < -0.4 is 0 Å². The van der Waals surface area contributed by atoms with Crippen molar-refractivity contribution in [1.82, 2.24) is 0 Å². The Morgan fingerprint density at radius 1 is 1.05 bits per heavy atom. The zero-order valence-corrected chi connectivity index (χ0v) is 13.8. The minimum atomic E-state index is -0.0640. The van der Waals surface area contributed by atoms with Gasteiger partial charge in [0, 0.05) is 17.7 Å². The average molecular weight is 289 g/mol. The van der Waals surface area contributed by atoms with E-state index in [2.05, 4.69) is 88.5 Å². The molecule has 0 fully saturated rings. The highest BCUT2D eigenvalue weighted by Crippen LogP contribution is 2.32. The van der Waals surface area contributed by atoms with Gasteiger partial charge < -0.3 is 0 Å². The molecule has 1 heteroatoms. The normalized spacial score (nSPS) is 18.4. The monoisotopic (exact) mass is 289 g/mol. The highest BCUT2D eigenvalue weighted by molar-refractivity contribution is 6.01. The number of allylic oxidation sites excluding steroid dienone is 4. The van der Waals surface area contributed by atoms with E-state index in [1.165, 1.54) is 27.5 Å². The maximum Gasteiger partial charge on any atom is 0.0524 e. The fourth-order valence-electron chi connectivity index (χ4n) is 2.85. The smallest absolute Gasteiger partial charge is 0.0524 e. The SMILES string of the molecule is CC1=CC(c2ccc3ccccc3c2C=NC(C)(C)C)C=C1. The Morgan fingerprint density at radius 2 is 1.82 bits per heavy atom. The van der Waals surface area contributed by atoms with Gasteiger partial charge in [0.15, 0.2) is 0 Å². The second-order valence-corrected chi connectivity index (χ2v) is 7.01. The molecule has 0 amide bonds. The highest BCUT2D eigenvalue weighted by Gasteiger charge is 2.16. The molecular weight excluding hydrogens is 266 g/mol. The summed E-state index contributed by atoms with van der Waals surface area (Å²) in [6.45, 7) is 8.55. The summed E-state index contributed by atoms with van der Waals surface area (Å²) in [7, 11) is 0. The van der Waals surface area contributed by atoms with Crippen LogP contribution in [0.3, 0.4) is 0 Å². The topological polar surface area (TPSA) is 12.4 Å². The third-order valence-corrected chi connectivity index (χ3v) is 3.95. The van der Waals surface area contributed by atoms with E-state index in [-0.39, 0.29) is 5.54 Å². The van der Waals surface area contributed by atoms with Crippen LogP contribution in [0.15, 0.2) is 65.2 Å². The predicted molar refractivity (Wildman–Crippen MR) is 96.9 cm³/mol. The standard InChI is InChI=1S/C21H23N/c1-15-9-10-17(13-15)19-12-11-16-7-5-6-8-18(16)20(19)14-22-21(2,3)4/h5-14,17H,1-4H3. The van der Waals surface area contributed by atoms with Crippen molar-refractivity contribution in [3.8, 4) is 0 Å². The molecule has 3 rings (SSSR count). The average Bonchev–Trinajstić information content (AvgIpc) is 2.90. The molecule has 0 spiro atoms. The van der Waals surface area contributed by atoms with E-state index in [4.69, 9.17) is 4.99 Å². The van der Waals surface area contributed by atoms with E-state index in [0.29, 0.717) is 5.92 Å². The Kier molecular flexibility index (Phi) is 3.74. The molecule has 22 heavy (non-hydrogen) atoms. The van der Waals surface area contributed by atoms with E-state index in [1.807, 2.05) is 0 Å².